The van der Waals surface area contributed by atoms with Gasteiger partial charge >= 0.3 is 0 Å². The van der Waals surface area contributed by atoms with Crippen LogP contribution in [-0.4, -0.2) is 44.3 Å². The zero-order valence-corrected chi connectivity index (χ0v) is 23.2. The van der Waals surface area contributed by atoms with Gasteiger partial charge in [-0.1, -0.05) is 45.8 Å². The number of halogens is 2. The molecule has 3 rings (SSSR count). The zero-order valence-electron chi connectivity index (χ0n) is 20.8. The van der Waals surface area contributed by atoms with Crippen molar-refractivity contribution in [3.63, 3.8) is 0 Å². The van der Waals surface area contributed by atoms with E-state index in [1.54, 1.807) is 26.0 Å². The summed E-state index contributed by atoms with van der Waals surface area (Å²) in [5.41, 5.74) is 1.77. The standard InChI is InChI=1S/C27H29BrFN3O4S/c1-4-30-27(34)20(3)31(17-21-7-9-22(28)10-8-21)26(33)18-32(24-13-11-23(29)12-14-24)37(35,36)25-15-5-19(2)6-16-25/h5-16,20H,4,17-18H2,1-3H3,(H,30,34)/t20-/m1/s1. The SMILES string of the molecule is CCNC(=O)[C@@H](C)N(Cc1ccc(Br)cc1)C(=O)CN(c1ccc(F)cc1)S(=O)(=O)c1ccc(C)cc1. The number of hydrogen-bond donors (Lipinski definition) is 1. The minimum atomic E-state index is -4.19. The van der Waals surface area contributed by atoms with Crippen molar-refractivity contribution in [2.24, 2.45) is 0 Å². The van der Waals surface area contributed by atoms with Crippen molar-refractivity contribution in [3.05, 3.63) is 94.2 Å². The van der Waals surface area contributed by atoms with E-state index in [4.69, 9.17) is 0 Å². The average molecular weight is 591 g/mol. The largest absolute Gasteiger partial charge is 0.355 e. The number of nitrogens with zero attached hydrogens (tertiary/aromatic N) is 2. The van der Waals surface area contributed by atoms with Gasteiger partial charge < -0.3 is 10.2 Å². The van der Waals surface area contributed by atoms with Crippen LogP contribution in [0.25, 0.3) is 0 Å². The number of anilines is 1. The first-order valence-corrected chi connectivity index (χ1v) is 13.9. The highest BCUT2D eigenvalue weighted by Crippen LogP contribution is 2.25. The summed E-state index contributed by atoms with van der Waals surface area (Å²) in [5.74, 6) is -1.48. The van der Waals surface area contributed by atoms with Crippen LogP contribution >= 0.6 is 15.9 Å². The maximum atomic E-state index is 13.7. The van der Waals surface area contributed by atoms with Crippen LogP contribution in [0.2, 0.25) is 0 Å². The molecule has 196 valence electrons. The van der Waals surface area contributed by atoms with Crippen molar-refractivity contribution >= 4 is 43.5 Å². The molecule has 0 aromatic heterocycles. The van der Waals surface area contributed by atoms with E-state index in [2.05, 4.69) is 21.2 Å². The van der Waals surface area contributed by atoms with Crippen molar-refractivity contribution in [3.8, 4) is 0 Å². The molecule has 0 unspecified atom stereocenters. The lowest BCUT2D eigenvalue weighted by Gasteiger charge is -2.32. The van der Waals surface area contributed by atoms with Crippen molar-refractivity contribution in [2.45, 2.75) is 38.3 Å². The fourth-order valence-corrected chi connectivity index (χ4v) is 5.34. The van der Waals surface area contributed by atoms with Crippen LogP contribution in [0.1, 0.15) is 25.0 Å². The summed E-state index contributed by atoms with van der Waals surface area (Å²) < 4.78 is 42.8. The van der Waals surface area contributed by atoms with Gasteiger partial charge in [0.05, 0.1) is 10.6 Å². The molecule has 0 heterocycles. The fraction of sp³-hybridized carbons (Fsp3) is 0.259. The molecule has 1 atom stereocenters. The van der Waals surface area contributed by atoms with E-state index >= 15 is 0 Å². The monoisotopic (exact) mass is 589 g/mol. The summed E-state index contributed by atoms with van der Waals surface area (Å²) in [6.45, 7) is 5.09. The van der Waals surface area contributed by atoms with Crippen molar-refractivity contribution in [2.75, 3.05) is 17.4 Å². The smallest absolute Gasteiger partial charge is 0.264 e. The van der Waals surface area contributed by atoms with E-state index in [1.165, 1.54) is 29.2 Å². The number of rotatable bonds is 10. The Kier molecular flexibility index (Phi) is 9.45. The maximum absolute atomic E-state index is 13.7. The van der Waals surface area contributed by atoms with Crippen molar-refractivity contribution in [1.29, 1.82) is 0 Å². The highest BCUT2D eigenvalue weighted by Gasteiger charge is 2.32. The van der Waals surface area contributed by atoms with Gasteiger partial charge in [0, 0.05) is 17.6 Å². The topological polar surface area (TPSA) is 86.8 Å². The number of sulfonamides is 1. The molecule has 0 aliphatic rings. The van der Waals surface area contributed by atoms with E-state index in [0.717, 1.165) is 32.0 Å². The second-order valence-corrected chi connectivity index (χ2v) is 11.3. The van der Waals surface area contributed by atoms with Gasteiger partial charge in [-0.3, -0.25) is 13.9 Å². The summed E-state index contributed by atoms with van der Waals surface area (Å²) >= 11 is 3.38. The van der Waals surface area contributed by atoms with Gasteiger partial charge in [-0.25, -0.2) is 12.8 Å². The Morgan fingerprint density at radius 2 is 1.57 bits per heavy atom. The number of carbonyl (C=O) groups excluding carboxylic acids is 2. The molecule has 37 heavy (non-hydrogen) atoms. The minimum Gasteiger partial charge on any atom is -0.355 e. The van der Waals surface area contributed by atoms with Crippen LogP contribution in [0, 0.1) is 12.7 Å². The van der Waals surface area contributed by atoms with Gasteiger partial charge in [-0.05, 0) is 74.9 Å². The lowest BCUT2D eigenvalue weighted by Crippen LogP contribution is -2.51. The molecule has 0 aliphatic heterocycles. The molecule has 3 aromatic rings. The molecule has 0 spiro atoms. The van der Waals surface area contributed by atoms with Crippen LogP contribution in [0.15, 0.2) is 82.2 Å². The van der Waals surface area contributed by atoms with Crippen LogP contribution in [-0.2, 0) is 26.2 Å². The number of likely N-dealkylation sites (N-methyl/N-ethyl adjacent to an activating group) is 1. The second kappa shape index (κ2) is 12.3. The van der Waals surface area contributed by atoms with Crippen LogP contribution in [0.4, 0.5) is 10.1 Å². The lowest BCUT2D eigenvalue weighted by molar-refractivity contribution is -0.139. The highest BCUT2D eigenvalue weighted by atomic mass is 79.9. The van der Waals surface area contributed by atoms with E-state index in [9.17, 15) is 22.4 Å². The van der Waals surface area contributed by atoms with E-state index in [-0.39, 0.29) is 23.0 Å². The molecule has 1 N–H and O–H groups in total. The number of carbonyl (C=O) groups is 2. The predicted molar refractivity (Wildman–Crippen MR) is 145 cm³/mol. The number of hydrogen-bond acceptors (Lipinski definition) is 4. The van der Waals surface area contributed by atoms with E-state index < -0.39 is 34.3 Å². The second-order valence-electron chi connectivity index (χ2n) is 8.52. The summed E-state index contributed by atoms with van der Waals surface area (Å²) in [5, 5.41) is 2.71. The molecule has 0 radical (unpaired) electrons. The molecule has 0 saturated heterocycles. The average Bonchev–Trinajstić information content (AvgIpc) is 2.87. The maximum Gasteiger partial charge on any atom is 0.264 e. The molecule has 0 bridgehead atoms. The Morgan fingerprint density at radius 3 is 2.14 bits per heavy atom. The summed E-state index contributed by atoms with van der Waals surface area (Å²) in [6.07, 6.45) is 0. The van der Waals surface area contributed by atoms with Gasteiger partial charge in [0.15, 0.2) is 0 Å². The molecule has 2 amide bonds. The zero-order chi connectivity index (χ0) is 27.2. The van der Waals surface area contributed by atoms with Crippen LogP contribution in [0.3, 0.4) is 0 Å². The Hall–Kier alpha value is -3.24. The first kappa shape index (κ1) is 28.3. The molecular weight excluding hydrogens is 561 g/mol. The lowest BCUT2D eigenvalue weighted by atomic mass is 10.1. The third-order valence-electron chi connectivity index (χ3n) is 5.79. The first-order valence-electron chi connectivity index (χ1n) is 11.7. The molecule has 7 nitrogen and oxygen atoms in total. The quantitative estimate of drug-likeness (QED) is 0.373. The fourth-order valence-electron chi connectivity index (χ4n) is 3.66. The molecule has 3 aromatic carbocycles. The molecular formula is C27H29BrFN3O4S. The predicted octanol–water partition coefficient (Wildman–Crippen LogP) is 4.65. The van der Waals surface area contributed by atoms with E-state index in [0.29, 0.717) is 6.54 Å². The van der Waals surface area contributed by atoms with Crippen molar-refractivity contribution in [1.82, 2.24) is 10.2 Å². The number of nitrogens with one attached hydrogen (secondary N) is 1. The van der Waals surface area contributed by atoms with Gasteiger partial charge in [0.1, 0.15) is 18.4 Å². The Balaban J connectivity index is 2.01. The summed E-state index contributed by atoms with van der Waals surface area (Å²) in [4.78, 5) is 27.7. The normalized spacial score (nSPS) is 12.0. The number of amides is 2. The van der Waals surface area contributed by atoms with E-state index in [1.807, 2.05) is 31.2 Å². The third kappa shape index (κ3) is 7.17. The van der Waals surface area contributed by atoms with Crippen molar-refractivity contribution < 1.29 is 22.4 Å². The number of benzene rings is 3. The van der Waals surface area contributed by atoms with Gasteiger partial charge in [-0.2, -0.15) is 0 Å². The minimum absolute atomic E-state index is 0.00791. The van der Waals surface area contributed by atoms with Gasteiger partial charge in [0.25, 0.3) is 10.0 Å². The number of aryl methyl sites for hydroxylation is 1. The Labute approximate surface area is 225 Å². The highest BCUT2D eigenvalue weighted by molar-refractivity contribution is 9.10. The molecule has 0 aliphatic carbocycles. The first-order chi connectivity index (χ1) is 17.5. The summed E-state index contributed by atoms with van der Waals surface area (Å²) in [7, 11) is -4.19. The summed E-state index contributed by atoms with van der Waals surface area (Å²) in [6, 6.07) is 17.5. The molecule has 0 fully saturated rings. The Bertz CT molecular complexity index is 1330. The molecule has 0 saturated carbocycles. The van der Waals surface area contributed by atoms with Gasteiger partial charge in [0.2, 0.25) is 11.8 Å². The third-order valence-corrected chi connectivity index (χ3v) is 8.10. The van der Waals surface area contributed by atoms with Crippen LogP contribution in [0.5, 0.6) is 0 Å². The van der Waals surface area contributed by atoms with Gasteiger partial charge in [-0.15, -0.1) is 0 Å². The molecule has 10 heteroatoms. The van der Waals surface area contributed by atoms with Crippen LogP contribution < -0.4 is 9.62 Å². The Morgan fingerprint density at radius 1 is 0.973 bits per heavy atom.